The minimum Gasteiger partial charge on any atom is -0.492 e. The van der Waals surface area contributed by atoms with E-state index in [1.165, 1.54) is 6.92 Å². The maximum atomic E-state index is 12.2. The summed E-state index contributed by atoms with van der Waals surface area (Å²) in [5, 5.41) is 5.64. The lowest BCUT2D eigenvalue weighted by Crippen LogP contribution is -2.34. The van der Waals surface area contributed by atoms with Crippen LogP contribution in [0.5, 0.6) is 5.75 Å². The highest BCUT2D eigenvalue weighted by atomic mass is 16.5. The molecule has 0 aromatic heterocycles. The van der Waals surface area contributed by atoms with Gasteiger partial charge in [0.15, 0.2) is 0 Å². The third-order valence-electron chi connectivity index (χ3n) is 3.65. The van der Waals surface area contributed by atoms with Crippen LogP contribution >= 0.6 is 0 Å². The van der Waals surface area contributed by atoms with Crippen LogP contribution < -0.4 is 15.4 Å². The van der Waals surface area contributed by atoms with Crippen molar-refractivity contribution in [1.82, 2.24) is 10.6 Å². The van der Waals surface area contributed by atoms with Crippen LogP contribution in [0.1, 0.15) is 30.5 Å². The van der Waals surface area contributed by atoms with Crippen LogP contribution in [-0.4, -0.2) is 25.0 Å². The number of hydrogen-bond acceptors (Lipinski definition) is 3. The number of carbonyl (C=O) groups excluding carboxylic acids is 2. The van der Waals surface area contributed by atoms with Gasteiger partial charge in [-0.05, 0) is 30.2 Å². The largest absolute Gasteiger partial charge is 0.492 e. The van der Waals surface area contributed by atoms with Gasteiger partial charge >= 0.3 is 0 Å². The summed E-state index contributed by atoms with van der Waals surface area (Å²) in [6.07, 6.45) is 0.189. The van der Waals surface area contributed by atoms with Gasteiger partial charge in [0.05, 0.1) is 19.0 Å². The molecular formula is C20H24N2O3. The molecule has 0 radical (unpaired) electrons. The molecule has 0 saturated carbocycles. The SMILES string of the molecule is CC(=O)NC(CC(=O)NCCOc1cccc(C)c1)c1ccccc1. The van der Waals surface area contributed by atoms with Gasteiger partial charge in [-0.3, -0.25) is 9.59 Å². The summed E-state index contributed by atoms with van der Waals surface area (Å²) in [7, 11) is 0. The maximum Gasteiger partial charge on any atom is 0.222 e. The molecule has 0 saturated heterocycles. The fraction of sp³-hybridized carbons (Fsp3) is 0.300. The normalized spacial score (nSPS) is 11.4. The Hall–Kier alpha value is -2.82. The highest BCUT2D eigenvalue weighted by Gasteiger charge is 2.16. The Morgan fingerprint density at radius 3 is 2.52 bits per heavy atom. The molecule has 2 aromatic carbocycles. The van der Waals surface area contributed by atoms with E-state index in [0.717, 1.165) is 16.9 Å². The van der Waals surface area contributed by atoms with Gasteiger partial charge < -0.3 is 15.4 Å². The summed E-state index contributed by atoms with van der Waals surface area (Å²) in [5.74, 6) is 0.495. The lowest BCUT2D eigenvalue weighted by Gasteiger charge is -2.18. The summed E-state index contributed by atoms with van der Waals surface area (Å²) in [5.41, 5.74) is 2.03. The number of nitrogens with one attached hydrogen (secondary N) is 2. The van der Waals surface area contributed by atoms with Crippen LogP contribution in [0.2, 0.25) is 0 Å². The quantitative estimate of drug-likeness (QED) is 0.726. The third-order valence-corrected chi connectivity index (χ3v) is 3.65. The number of ether oxygens (including phenoxy) is 1. The summed E-state index contributed by atoms with van der Waals surface area (Å²) in [6, 6.07) is 16.9. The van der Waals surface area contributed by atoms with E-state index in [1.807, 2.05) is 61.5 Å². The van der Waals surface area contributed by atoms with E-state index < -0.39 is 0 Å². The molecule has 0 aliphatic heterocycles. The van der Waals surface area contributed by atoms with Crippen molar-refractivity contribution >= 4 is 11.8 Å². The molecule has 5 nitrogen and oxygen atoms in total. The first-order valence-electron chi connectivity index (χ1n) is 8.33. The van der Waals surface area contributed by atoms with E-state index in [9.17, 15) is 9.59 Å². The first-order valence-corrected chi connectivity index (χ1v) is 8.33. The molecule has 5 heteroatoms. The van der Waals surface area contributed by atoms with Crippen molar-refractivity contribution in [2.24, 2.45) is 0 Å². The Balaban J connectivity index is 1.79. The Morgan fingerprint density at radius 2 is 1.84 bits per heavy atom. The molecule has 1 unspecified atom stereocenters. The summed E-state index contributed by atoms with van der Waals surface area (Å²) < 4.78 is 5.61. The molecule has 2 N–H and O–H groups in total. The summed E-state index contributed by atoms with van der Waals surface area (Å²) in [6.45, 7) is 4.25. The van der Waals surface area contributed by atoms with Gasteiger partial charge in [0.25, 0.3) is 0 Å². The van der Waals surface area contributed by atoms with Crippen LogP contribution in [0.15, 0.2) is 54.6 Å². The Labute approximate surface area is 148 Å². The molecule has 0 aliphatic rings. The summed E-state index contributed by atoms with van der Waals surface area (Å²) in [4.78, 5) is 23.5. The van der Waals surface area contributed by atoms with Crippen molar-refractivity contribution in [2.75, 3.05) is 13.2 Å². The smallest absolute Gasteiger partial charge is 0.222 e. The Bertz CT molecular complexity index is 701. The Kier molecular flexibility index (Phi) is 7.01. The predicted molar refractivity (Wildman–Crippen MR) is 97.3 cm³/mol. The highest BCUT2D eigenvalue weighted by molar-refractivity contribution is 5.79. The highest BCUT2D eigenvalue weighted by Crippen LogP contribution is 2.16. The minimum atomic E-state index is -0.337. The average Bonchev–Trinajstić information content (AvgIpc) is 2.59. The van der Waals surface area contributed by atoms with E-state index >= 15 is 0 Å². The third kappa shape index (κ3) is 6.67. The lowest BCUT2D eigenvalue weighted by molar-refractivity contribution is -0.122. The van der Waals surface area contributed by atoms with Crippen LogP contribution in [0.4, 0.5) is 0 Å². The fourth-order valence-electron chi connectivity index (χ4n) is 2.50. The molecule has 0 aliphatic carbocycles. The van der Waals surface area contributed by atoms with Crippen LogP contribution in [-0.2, 0) is 9.59 Å². The molecule has 2 rings (SSSR count). The topological polar surface area (TPSA) is 67.4 Å². The van der Waals surface area contributed by atoms with Crippen molar-refractivity contribution in [3.8, 4) is 5.75 Å². The van der Waals surface area contributed by atoms with Gasteiger partial charge in [-0.1, -0.05) is 42.5 Å². The van der Waals surface area contributed by atoms with E-state index in [2.05, 4.69) is 10.6 Å². The number of benzene rings is 2. The monoisotopic (exact) mass is 340 g/mol. The number of carbonyl (C=O) groups is 2. The molecule has 2 amide bonds. The molecule has 2 aromatic rings. The maximum absolute atomic E-state index is 12.2. The molecule has 0 heterocycles. The van der Waals surface area contributed by atoms with Crippen molar-refractivity contribution < 1.29 is 14.3 Å². The average molecular weight is 340 g/mol. The predicted octanol–water partition coefficient (Wildman–Crippen LogP) is 2.76. The van der Waals surface area contributed by atoms with Crippen molar-refractivity contribution in [2.45, 2.75) is 26.3 Å². The van der Waals surface area contributed by atoms with Crippen LogP contribution in [0.3, 0.4) is 0 Å². The number of hydrogen-bond donors (Lipinski definition) is 2. The van der Waals surface area contributed by atoms with Crippen molar-refractivity contribution in [1.29, 1.82) is 0 Å². The second kappa shape index (κ2) is 9.47. The minimum absolute atomic E-state index is 0.129. The number of rotatable bonds is 8. The number of aryl methyl sites for hydroxylation is 1. The lowest BCUT2D eigenvalue weighted by atomic mass is 10.0. The van der Waals surface area contributed by atoms with Crippen molar-refractivity contribution in [3.63, 3.8) is 0 Å². The fourth-order valence-corrected chi connectivity index (χ4v) is 2.50. The van der Waals surface area contributed by atoms with Crippen molar-refractivity contribution in [3.05, 3.63) is 65.7 Å². The molecule has 132 valence electrons. The molecule has 0 spiro atoms. The molecule has 0 bridgehead atoms. The molecule has 1 atom stereocenters. The van der Waals surface area contributed by atoms with Crippen LogP contribution in [0.25, 0.3) is 0 Å². The Morgan fingerprint density at radius 1 is 1.08 bits per heavy atom. The second-order valence-electron chi connectivity index (χ2n) is 5.88. The first-order chi connectivity index (χ1) is 12.0. The first kappa shape index (κ1) is 18.5. The van der Waals surface area contributed by atoms with Gasteiger partial charge in [0.2, 0.25) is 11.8 Å². The van der Waals surface area contributed by atoms with Gasteiger partial charge in [-0.25, -0.2) is 0 Å². The molecular weight excluding hydrogens is 316 g/mol. The van der Waals surface area contributed by atoms with Gasteiger partial charge in [-0.15, -0.1) is 0 Å². The van der Waals surface area contributed by atoms with Gasteiger partial charge in [0, 0.05) is 6.92 Å². The molecule has 25 heavy (non-hydrogen) atoms. The van der Waals surface area contributed by atoms with E-state index in [0.29, 0.717) is 13.2 Å². The standard InChI is InChI=1S/C20H24N2O3/c1-15-7-6-10-18(13-15)25-12-11-21-20(24)14-19(22-16(2)23)17-8-4-3-5-9-17/h3-10,13,19H,11-12,14H2,1-2H3,(H,21,24)(H,22,23). The number of amides is 2. The van der Waals surface area contributed by atoms with Crippen LogP contribution in [0, 0.1) is 6.92 Å². The second-order valence-corrected chi connectivity index (χ2v) is 5.88. The zero-order valence-electron chi connectivity index (χ0n) is 14.6. The van der Waals surface area contributed by atoms with Gasteiger partial charge in [-0.2, -0.15) is 0 Å². The summed E-state index contributed by atoms with van der Waals surface area (Å²) >= 11 is 0. The molecule has 0 fully saturated rings. The zero-order valence-corrected chi connectivity index (χ0v) is 14.6. The van der Waals surface area contributed by atoms with E-state index in [4.69, 9.17) is 4.74 Å². The van der Waals surface area contributed by atoms with E-state index in [1.54, 1.807) is 0 Å². The van der Waals surface area contributed by atoms with E-state index in [-0.39, 0.29) is 24.3 Å². The zero-order chi connectivity index (χ0) is 18.1. The van der Waals surface area contributed by atoms with Gasteiger partial charge in [0.1, 0.15) is 12.4 Å².